The van der Waals surface area contributed by atoms with Gasteiger partial charge in [-0.15, -0.1) is 0 Å². The quantitative estimate of drug-likeness (QED) is 0.611. The number of alkyl carbamates (subject to hydrolysis) is 1. The Balaban J connectivity index is 1.38. The zero-order valence-corrected chi connectivity index (χ0v) is 18.9. The van der Waals surface area contributed by atoms with E-state index >= 15 is 0 Å². The first-order valence-electron chi connectivity index (χ1n) is 11.2. The molecule has 0 saturated carbocycles. The summed E-state index contributed by atoms with van der Waals surface area (Å²) in [5.74, 6) is -1.45. The van der Waals surface area contributed by atoms with Gasteiger partial charge < -0.3 is 29.5 Å². The van der Waals surface area contributed by atoms with Gasteiger partial charge in [-0.1, -0.05) is 48.5 Å². The predicted octanol–water partition coefficient (Wildman–Crippen LogP) is 2.24. The number of morpholine rings is 1. The van der Waals surface area contributed by atoms with Gasteiger partial charge in [0.2, 0.25) is 5.91 Å². The minimum absolute atomic E-state index is 0.0377. The van der Waals surface area contributed by atoms with E-state index in [2.05, 4.69) is 17.4 Å². The van der Waals surface area contributed by atoms with Gasteiger partial charge in [0.15, 0.2) is 0 Å². The molecular formula is C25H28N2O7. The summed E-state index contributed by atoms with van der Waals surface area (Å²) in [7, 11) is 1.44. The molecule has 0 aromatic heterocycles. The number of nitrogens with one attached hydrogen (secondary N) is 1. The first kappa shape index (κ1) is 23.7. The van der Waals surface area contributed by atoms with E-state index in [9.17, 15) is 14.4 Å². The standard InChI is InChI=1S/C25H28N2O7/c1-32-15-22(24(30)27-10-11-33-16(13-27)12-23(28)29)26-25(31)34-14-21-19-8-4-2-6-17(19)18-7-3-5-9-20(18)21/h2-9,16,21-22H,10-15H2,1H3,(H,26,31)(H,28,29). The highest BCUT2D eigenvalue weighted by molar-refractivity contribution is 5.86. The number of hydrogen-bond donors (Lipinski definition) is 2. The van der Waals surface area contributed by atoms with E-state index in [1.54, 1.807) is 0 Å². The number of benzene rings is 2. The van der Waals surface area contributed by atoms with Gasteiger partial charge in [-0.25, -0.2) is 4.79 Å². The van der Waals surface area contributed by atoms with Crippen molar-refractivity contribution in [2.24, 2.45) is 0 Å². The summed E-state index contributed by atoms with van der Waals surface area (Å²) in [5.41, 5.74) is 4.45. The topological polar surface area (TPSA) is 114 Å². The van der Waals surface area contributed by atoms with Crippen LogP contribution in [0.15, 0.2) is 48.5 Å². The zero-order chi connectivity index (χ0) is 24.1. The summed E-state index contributed by atoms with van der Waals surface area (Å²) in [6, 6.07) is 15.1. The molecule has 1 aliphatic carbocycles. The van der Waals surface area contributed by atoms with Gasteiger partial charge in [0.05, 0.1) is 25.7 Å². The molecule has 0 spiro atoms. The molecule has 34 heavy (non-hydrogen) atoms. The van der Waals surface area contributed by atoms with Crippen molar-refractivity contribution in [1.82, 2.24) is 10.2 Å². The second-order valence-corrected chi connectivity index (χ2v) is 8.35. The van der Waals surface area contributed by atoms with Crippen LogP contribution in [0.2, 0.25) is 0 Å². The number of hydrogen-bond acceptors (Lipinski definition) is 6. The molecule has 4 rings (SSSR count). The Hall–Kier alpha value is -3.43. The van der Waals surface area contributed by atoms with Crippen molar-refractivity contribution in [2.75, 3.05) is 40.0 Å². The van der Waals surface area contributed by atoms with E-state index in [4.69, 9.17) is 19.3 Å². The van der Waals surface area contributed by atoms with Gasteiger partial charge in [-0.2, -0.15) is 0 Å². The van der Waals surface area contributed by atoms with Crippen molar-refractivity contribution in [3.05, 3.63) is 59.7 Å². The molecule has 2 aromatic rings. The van der Waals surface area contributed by atoms with Crippen LogP contribution in [0.5, 0.6) is 0 Å². The van der Waals surface area contributed by atoms with E-state index in [0.717, 1.165) is 22.3 Å². The number of fused-ring (bicyclic) bond motifs is 3. The molecule has 0 bridgehead atoms. The van der Waals surface area contributed by atoms with Crippen molar-refractivity contribution in [1.29, 1.82) is 0 Å². The lowest BCUT2D eigenvalue weighted by atomic mass is 9.98. The van der Waals surface area contributed by atoms with Crippen LogP contribution in [0.4, 0.5) is 4.79 Å². The third kappa shape index (κ3) is 5.21. The summed E-state index contributed by atoms with van der Waals surface area (Å²) in [6.07, 6.45) is -1.50. The smallest absolute Gasteiger partial charge is 0.407 e. The van der Waals surface area contributed by atoms with Crippen LogP contribution in [0.3, 0.4) is 0 Å². The van der Waals surface area contributed by atoms with E-state index < -0.39 is 24.2 Å². The van der Waals surface area contributed by atoms with Gasteiger partial charge in [0.25, 0.3) is 0 Å². The van der Waals surface area contributed by atoms with E-state index in [0.29, 0.717) is 6.54 Å². The fourth-order valence-electron chi connectivity index (χ4n) is 4.58. The van der Waals surface area contributed by atoms with E-state index in [-0.39, 0.29) is 44.6 Å². The molecule has 2 aromatic carbocycles. The number of carboxylic acids is 1. The Bertz CT molecular complexity index is 1010. The second kappa shape index (κ2) is 10.7. The first-order valence-corrected chi connectivity index (χ1v) is 11.2. The number of carbonyl (C=O) groups excluding carboxylic acids is 2. The number of carboxylic acid groups (broad SMARTS) is 1. The molecule has 2 atom stereocenters. The SMILES string of the molecule is COCC(NC(=O)OCC1c2ccccc2-c2ccccc21)C(=O)N1CCOC(CC(=O)O)C1. The molecule has 1 saturated heterocycles. The van der Waals surface area contributed by atoms with Crippen LogP contribution >= 0.6 is 0 Å². The monoisotopic (exact) mass is 468 g/mol. The third-order valence-electron chi connectivity index (χ3n) is 6.12. The van der Waals surface area contributed by atoms with Crippen LogP contribution in [-0.4, -0.2) is 80.1 Å². The lowest BCUT2D eigenvalue weighted by molar-refractivity contribution is -0.149. The average molecular weight is 469 g/mol. The molecule has 0 radical (unpaired) electrons. The van der Waals surface area contributed by atoms with Crippen molar-refractivity contribution in [2.45, 2.75) is 24.5 Å². The van der Waals surface area contributed by atoms with E-state index in [1.165, 1.54) is 12.0 Å². The molecular weight excluding hydrogens is 440 g/mol. The highest BCUT2D eigenvalue weighted by Gasteiger charge is 2.33. The van der Waals surface area contributed by atoms with Crippen LogP contribution in [0, 0.1) is 0 Å². The summed E-state index contributed by atoms with van der Waals surface area (Å²) >= 11 is 0. The summed E-state index contributed by atoms with van der Waals surface area (Å²) in [6.45, 7) is 0.767. The maximum atomic E-state index is 13.0. The molecule has 2 unspecified atom stereocenters. The molecule has 1 aliphatic heterocycles. The summed E-state index contributed by atoms with van der Waals surface area (Å²) < 4.78 is 16.1. The van der Waals surface area contributed by atoms with Gasteiger partial charge >= 0.3 is 12.1 Å². The minimum Gasteiger partial charge on any atom is -0.481 e. The third-order valence-corrected chi connectivity index (χ3v) is 6.12. The maximum Gasteiger partial charge on any atom is 0.407 e. The Morgan fingerprint density at radius 2 is 1.76 bits per heavy atom. The number of rotatable bonds is 8. The minimum atomic E-state index is -0.996. The van der Waals surface area contributed by atoms with Gasteiger partial charge in [0.1, 0.15) is 12.6 Å². The van der Waals surface area contributed by atoms with Crippen LogP contribution < -0.4 is 5.32 Å². The number of nitrogens with zero attached hydrogens (tertiary/aromatic N) is 1. The number of methoxy groups -OCH3 is 1. The van der Waals surface area contributed by atoms with Gasteiger partial charge in [-0.05, 0) is 22.3 Å². The van der Waals surface area contributed by atoms with Crippen molar-refractivity contribution < 1.29 is 33.7 Å². The van der Waals surface area contributed by atoms with Crippen LogP contribution in [0.25, 0.3) is 11.1 Å². The number of carbonyl (C=O) groups is 3. The maximum absolute atomic E-state index is 13.0. The normalized spacial score (nSPS) is 18.0. The zero-order valence-electron chi connectivity index (χ0n) is 18.9. The Labute approximate surface area is 197 Å². The number of aliphatic carboxylic acids is 1. The van der Waals surface area contributed by atoms with E-state index in [1.807, 2.05) is 36.4 Å². The molecule has 1 fully saturated rings. The second-order valence-electron chi connectivity index (χ2n) is 8.35. The largest absolute Gasteiger partial charge is 0.481 e. The van der Waals surface area contributed by atoms with Crippen molar-refractivity contribution >= 4 is 18.0 Å². The molecule has 2 aliphatic rings. The lowest BCUT2D eigenvalue weighted by Crippen LogP contribution is -2.55. The Kier molecular flexibility index (Phi) is 7.44. The molecule has 9 nitrogen and oxygen atoms in total. The molecule has 1 heterocycles. The number of amides is 2. The van der Waals surface area contributed by atoms with Crippen molar-refractivity contribution in [3.63, 3.8) is 0 Å². The fourth-order valence-corrected chi connectivity index (χ4v) is 4.58. The Morgan fingerprint density at radius 1 is 1.12 bits per heavy atom. The van der Waals surface area contributed by atoms with Gasteiger partial charge in [0, 0.05) is 26.1 Å². The Morgan fingerprint density at radius 3 is 2.38 bits per heavy atom. The van der Waals surface area contributed by atoms with Crippen molar-refractivity contribution in [3.8, 4) is 11.1 Å². The first-order chi connectivity index (χ1) is 16.5. The molecule has 2 amide bonds. The number of ether oxygens (including phenoxy) is 3. The highest BCUT2D eigenvalue weighted by Crippen LogP contribution is 2.44. The molecule has 2 N–H and O–H groups in total. The summed E-state index contributed by atoms with van der Waals surface area (Å²) in [5, 5.41) is 11.6. The molecule has 180 valence electrons. The molecule has 9 heteroatoms. The lowest BCUT2D eigenvalue weighted by Gasteiger charge is -2.34. The average Bonchev–Trinajstić information content (AvgIpc) is 3.15. The fraction of sp³-hybridized carbons (Fsp3) is 0.400. The van der Waals surface area contributed by atoms with Crippen LogP contribution in [0.1, 0.15) is 23.5 Å². The summed E-state index contributed by atoms with van der Waals surface area (Å²) in [4.78, 5) is 38.1. The van der Waals surface area contributed by atoms with Gasteiger partial charge in [-0.3, -0.25) is 9.59 Å². The highest BCUT2D eigenvalue weighted by atomic mass is 16.5. The predicted molar refractivity (Wildman–Crippen MR) is 122 cm³/mol. The van der Waals surface area contributed by atoms with Crippen LogP contribution in [-0.2, 0) is 23.8 Å².